The van der Waals surface area contributed by atoms with Crippen LogP contribution in [0.3, 0.4) is 0 Å². The van der Waals surface area contributed by atoms with Crippen LogP contribution in [0.5, 0.6) is 0 Å². The number of para-hydroxylation sites is 1. The summed E-state index contributed by atoms with van der Waals surface area (Å²) in [7, 11) is 2.27. The maximum absolute atomic E-state index is 2.53. The van der Waals surface area contributed by atoms with Crippen LogP contribution in [0.1, 0.15) is 29.5 Å². The average molecular weight is 249 g/mol. The lowest BCUT2D eigenvalue weighted by molar-refractivity contribution is 0.371. The highest BCUT2D eigenvalue weighted by molar-refractivity contribution is 5.64. The van der Waals surface area contributed by atoms with Crippen molar-refractivity contribution < 1.29 is 0 Å². The lowest BCUT2D eigenvalue weighted by Crippen LogP contribution is -2.44. The van der Waals surface area contributed by atoms with Crippen molar-refractivity contribution in [1.29, 1.82) is 0 Å². The van der Waals surface area contributed by atoms with Gasteiger partial charge in [0, 0.05) is 19.2 Å². The Bertz CT molecular complexity index is 631. The van der Waals surface area contributed by atoms with E-state index in [1.165, 1.54) is 30.5 Å². The summed E-state index contributed by atoms with van der Waals surface area (Å²) < 4.78 is 0. The molecule has 0 aromatic heterocycles. The second-order valence-corrected chi connectivity index (χ2v) is 5.91. The zero-order valence-electron chi connectivity index (χ0n) is 11.4. The van der Waals surface area contributed by atoms with Crippen LogP contribution in [0.4, 0.5) is 5.69 Å². The highest BCUT2D eigenvalue weighted by Crippen LogP contribution is 2.49. The molecule has 0 N–H and O–H groups in total. The number of hydrogen-bond acceptors (Lipinski definition) is 1. The molecule has 0 radical (unpaired) electrons. The molecule has 1 aliphatic carbocycles. The van der Waals surface area contributed by atoms with E-state index in [1.54, 1.807) is 11.1 Å². The van der Waals surface area contributed by atoms with Crippen molar-refractivity contribution in [3.63, 3.8) is 0 Å². The molecule has 0 bridgehead atoms. The number of likely N-dealkylation sites (N-methyl/N-ethyl adjacent to an activating group) is 1. The molecule has 0 saturated heterocycles. The van der Waals surface area contributed by atoms with Crippen molar-refractivity contribution in [2.24, 2.45) is 0 Å². The molecular formula is C18H19N. The molecule has 0 saturated carbocycles. The molecule has 4 rings (SSSR count). The Hall–Kier alpha value is -1.76. The van der Waals surface area contributed by atoms with Crippen LogP contribution in [0.25, 0.3) is 0 Å². The Labute approximate surface area is 114 Å². The number of fused-ring (bicyclic) bond motifs is 3. The minimum Gasteiger partial charge on any atom is -0.364 e. The van der Waals surface area contributed by atoms with Gasteiger partial charge < -0.3 is 4.90 Å². The van der Waals surface area contributed by atoms with Crippen LogP contribution in [-0.4, -0.2) is 7.05 Å². The first kappa shape index (κ1) is 11.1. The zero-order valence-corrected chi connectivity index (χ0v) is 11.4. The molecule has 2 aromatic rings. The number of nitrogens with zero attached hydrogens (tertiary/aromatic N) is 1. The fourth-order valence-electron chi connectivity index (χ4n) is 4.08. The van der Waals surface area contributed by atoms with E-state index < -0.39 is 0 Å². The third-order valence-electron chi connectivity index (χ3n) is 5.03. The number of rotatable bonds is 0. The fraction of sp³-hybridized carbons (Fsp3) is 0.333. The maximum atomic E-state index is 2.53. The van der Waals surface area contributed by atoms with Crippen LogP contribution in [0.15, 0.2) is 48.5 Å². The largest absolute Gasteiger partial charge is 0.364 e. The van der Waals surface area contributed by atoms with Gasteiger partial charge in [0.25, 0.3) is 0 Å². The van der Waals surface area contributed by atoms with E-state index in [0.29, 0.717) is 0 Å². The molecule has 1 aliphatic heterocycles. The van der Waals surface area contributed by atoms with Gasteiger partial charge in [-0.3, -0.25) is 0 Å². The van der Waals surface area contributed by atoms with E-state index in [2.05, 4.69) is 60.5 Å². The van der Waals surface area contributed by atoms with Crippen molar-refractivity contribution in [3.05, 3.63) is 65.2 Å². The van der Waals surface area contributed by atoms with Crippen molar-refractivity contribution in [3.8, 4) is 0 Å². The molecule has 19 heavy (non-hydrogen) atoms. The highest BCUT2D eigenvalue weighted by Gasteiger charge is 2.45. The normalized spacial score (nSPS) is 24.4. The van der Waals surface area contributed by atoms with Gasteiger partial charge in [-0.15, -0.1) is 0 Å². The first-order chi connectivity index (χ1) is 9.31. The summed E-state index contributed by atoms with van der Waals surface area (Å²) in [6.45, 7) is 0. The summed E-state index contributed by atoms with van der Waals surface area (Å²) in [6.07, 6.45) is 4.98. The van der Waals surface area contributed by atoms with E-state index in [0.717, 1.165) is 6.42 Å². The number of anilines is 1. The highest BCUT2D eigenvalue weighted by atomic mass is 15.2. The summed E-state index contributed by atoms with van der Waals surface area (Å²) in [5, 5.41) is 0. The summed E-state index contributed by atoms with van der Waals surface area (Å²) in [5.74, 6) is 0. The van der Waals surface area contributed by atoms with Crippen molar-refractivity contribution in [2.75, 3.05) is 11.9 Å². The van der Waals surface area contributed by atoms with E-state index in [4.69, 9.17) is 0 Å². The first-order valence-corrected chi connectivity index (χ1v) is 7.21. The van der Waals surface area contributed by atoms with E-state index in [1.807, 2.05) is 0 Å². The van der Waals surface area contributed by atoms with Gasteiger partial charge in [-0.05, 0) is 42.0 Å². The fourth-order valence-corrected chi connectivity index (χ4v) is 4.08. The van der Waals surface area contributed by atoms with E-state index in [9.17, 15) is 0 Å². The summed E-state index contributed by atoms with van der Waals surface area (Å²) in [5.41, 5.74) is 6.23. The van der Waals surface area contributed by atoms with Gasteiger partial charge in [-0.25, -0.2) is 0 Å². The molecule has 1 heteroatoms. The minimum absolute atomic E-state index is 0.207. The molecule has 1 unspecified atom stereocenters. The topological polar surface area (TPSA) is 3.24 Å². The number of hydrogen-bond donors (Lipinski definition) is 0. The molecule has 1 heterocycles. The molecule has 1 nitrogen and oxygen atoms in total. The van der Waals surface area contributed by atoms with Gasteiger partial charge in [-0.1, -0.05) is 42.5 Å². The molecule has 1 atom stereocenters. The zero-order chi connectivity index (χ0) is 12.9. The van der Waals surface area contributed by atoms with Gasteiger partial charge in [0.1, 0.15) is 0 Å². The van der Waals surface area contributed by atoms with Gasteiger partial charge in [0.2, 0.25) is 0 Å². The Morgan fingerprint density at radius 3 is 2.53 bits per heavy atom. The maximum Gasteiger partial charge on any atom is 0.0694 e. The first-order valence-electron chi connectivity index (χ1n) is 7.21. The lowest BCUT2D eigenvalue weighted by atomic mass is 9.74. The van der Waals surface area contributed by atoms with Crippen LogP contribution < -0.4 is 4.90 Å². The minimum atomic E-state index is 0.207. The summed E-state index contributed by atoms with van der Waals surface area (Å²) >= 11 is 0. The molecular weight excluding hydrogens is 230 g/mol. The molecule has 2 aromatic carbocycles. The SMILES string of the molecule is CN1c2ccccc2CC12CCCc1ccccc12. The second-order valence-electron chi connectivity index (χ2n) is 5.91. The third-order valence-corrected chi connectivity index (χ3v) is 5.03. The van der Waals surface area contributed by atoms with Crippen LogP contribution in [0.2, 0.25) is 0 Å². The monoisotopic (exact) mass is 249 g/mol. The predicted octanol–water partition coefficient (Wildman–Crippen LogP) is 3.91. The van der Waals surface area contributed by atoms with Crippen LogP contribution in [-0.2, 0) is 18.4 Å². The summed E-state index contributed by atoms with van der Waals surface area (Å²) in [4.78, 5) is 2.53. The van der Waals surface area contributed by atoms with Crippen LogP contribution >= 0.6 is 0 Å². The lowest BCUT2D eigenvalue weighted by Gasteiger charge is -2.42. The molecule has 2 aliphatic rings. The summed E-state index contributed by atoms with van der Waals surface area (Å²) in [6, 6.07) is 17.9. The number of benzene rings is 2. The average Bonchev–Trinajstić information content (AvgIpc) is 2.74. The predicted molar refractivity (Wildman–Crippen MR) is 79.6 cm³/mol. The van der Waals surface area contributed by atoms with Gasteiger partial charge in [-0.2, -0.15) is 0 Å². The second kappa shape index (κ2) is 3.86. The smallest absolute Gasteiger partial charge is 0.0694 e. The van der Waals surface area contributed by atoms with Crippen molar-refractivity contribution in [1.82, 2.24) is 0 Å². The Balaban J connectivity index is 1.90. The Kier molecular flexibility index (Phi) is 2.26. The Morgan fingerprint density at radius 2 is 1.68 bits per heavy atom. The third kappa shape index (κ3) is 1.42. The quantitative estimate of drug-likeness (QED) is 0.684. The van der Waals surface area contributed by atoms with Gasteiger partial charge in [0.05, 0.1) is 5.54 Å². The van der Waals surface area contributed by atoms with Crippen molar-refractivity contribution >= 4 is 5.69 Å². The van der Waals surface area contributed by atoms with E-state index in [-0.39, 0.29) is 5.54 Å². The number of aryl methyl sites for hydroxylation is 1. The van der Waals surface area contributed by atoms with Crippen LogP contribution in [0, 0.1) is 0 Å². The van der Waals surface area contributed by atoms with Gasteiger partial charge in [0.15, 0.2) is 0 Å². The molecule has 0 amide bonds. The van der Waals surface area contributed by atoms with Crippen molar-refractivity contribution in [2.45, 2.75) is 31.2 Å². The molecule has 96 valence electrons. The molecule has 1 spiro atoms. The molecule has 0 fully saturated rings. The standard InChI is InChI=1S/C18H19N/c1-19-17-11-5-3-8-15(17)13-18(19)12-6-9-14-7-2-4-10-16(14)18/h2-5,7-8,10-11H,6,9,12-13H2,1H3. The van der Waals surface area contributed by atoms with E-state index >= 15 is 0 Å². The van der Waals surface area contributed by atoms with Gasteiger partial charge >= 0.3 is 0 Å². The Morgan fingerprint density at radius 1 is 0.947 bits per heavy atom.